The normalized spacial score (nSPS) is 27.5. The first-order valence-electron chi connectivity index (χ1n) is 7.16. The van der Waals surface area contributed by atoms with E-state index < -0.39 is 39.2 Å². The molecule has 2 rings (SSSR count). The lowest BCUT2D eigenvalue weighted by molar-refractivity contribution is -0.323. The van der Waals surface area contributed by atoms with Crippen LogP contribution in [0.5, 0.6) is 0 Å². The Balaban J connectivity index is 2.28. The van der Waals surface area contributed by atoms with Crippen LogP contribution in [0, 0.1) is 0 Å². The first-order chi connectivity index (χ1) is 10.9. The van der Waals surface area contributed by atoms with Crippen LogP contribution in [0.3, 0.4) is 0 Å². The summed E-state index contributed by atoms with van der Waals surface area (Å²) in [7, 11) is -6.46. The van der Waals surface area contributed by atoms with E-state index in [4.69, 9.17) is 14.0 Å². The standard InChI is InChI=1S/C12H16F4O7S/c13-11(12(14,15)16,24(18,19)20)9(17)23-8-4-1-2-5-10(8)21-6-3-7-22-10/h8H,1-7H2,(H,18,19,20). The Morgan fingerprint density at radius 1 is 1.12 bits per heavy atom. The second-order valence-corrected chi connectivity index (χ2v) is 7.08. The molecule has 0 aromatic carbocycles. The minimum atomic E-state index is -6.46. The molecule has 1 aliphatic heterocycles. The molecule has 1 saturated heterocycles. The monoisotopic (exact) mass is 380 g/mol. The number of carbonyl (C=O) groups excluding carboxylic acids is 1. The van der Waals surface area contributed by atoms with Gasteiger partial charge in [-0.1, -0.05) is 0 Å². The fraction of sp³-hybridized carbons (Fsp3) is 0.917. The van der Waals surface area contributed by atoms with E-state index >= 15 is 0 Å². The molecule has 140 valence electrons. The number of halogens is 4. The van der Waals surface area contributed by atoms with E-state index in [9.17, 15) is 30.8 Å². The molecule has 1 saturated carbocycles. The highest BCUT2D eigenvalue weighted by atomic mass is 32.2. The van der Waals surface area contributed by atoms with Gasteiger partial charge in [-0.15, -0.1) is 0 Å². The molecule has 24 heavy (non-hydrogen) atoms. The molecule has 1 N–H and O–H groups in total. The van der Waals surface area contributed by atoms with Gasteiger partial charge in [0.1, 0.15) is 0 Å². The number of hydrogen-bond donors (Lipinski definition) is 1. The first kappa shape index (κ1) is 19.3. The number of rotatable bonds is 3. The van der Waals surface area contributed by atoms with E-state index in [0.717, 1.165) is 0 Å². The molecule has 2 unspecified atom stereocenters. The molecule has 7 nitrogen and oxygen atoms in total. The molecular formula is C12H16F4O7S. The van der Waals surface area contributed by atoms with Crippen LogP contribution in [0.1, 0.15) is 32.1 Å². The minimum absolute atomic E-state index is 0.00511. The highest BCUT2D eigenvalue weighted by molar-refractivity contribution is 7.88. The topological polar surface area (TPSA) is 99.1 Å². The Kier molecular flexibility index (Phi) is 5.15. The molecule has 2 atom stereocenters. The first-order valence-corrected chi connectivity index (χ1v) is 8.60. The van der Waals surface area contributed by atoms with Crippen LogP contribution in [-0.2, 0) is 29.1 Å². The quantitative estimate of drug-likeness (QED) is 0.452. The van der Waals surface area contributed by atoms with Gasteiger partial charge in [0.25, 0.3) is 0 Å². The number of alkyl halides is 4. The molecule has 1 heterocycles. The molecule has 2 fully saturated rings. The summed E-state index contributed by atoms with van der Waals surface area (Å²) in [6.07, 6.45) is -5.90. The molecule has 1 aliphatic carbocycles. The Labute approximate surface area is 135 Å². The third-order valence-corrected chi connectivity index (χ3v) is 5.05. The van der Waals surface area contributed by atoms with Crippen molar-refractivity contribution in [3.8, 4) is 0 Å². The van der Waals surface area contributed by atoms with Crippen LogP contribution >= 0.6 is 0 Å². The van der Waals surface area contributed by atoms with Crippen molar-refractivity contribution in [2.75, 3.05) is 13.2 Å². The van der Waals surface area contributed by atoms with Gasteiger partial charge in [-0.25, -0.2) is 9.18 Å². The summed E-state index contributed by atoms with van der Waals surface area (Å²) in [6.45, 7) is 0.402. The van der Waals surface area contributed by atoms with E-state index in [2.05, 4.69) is 4.74 Å². The average Bonchev–Trinajstić information content (AvgIpc) is 2.47. The second kappa shape index (κ2) is 6.39. The SMILES string of the molecule is O=C(OC1CCCCC12OCCCO2)C(F)(C(F)(F)F)S(=O)(=O)O. The van der Waals surface area contributed by atoms with Crippen molar-refractivity contribution < 1.29 is 49.5 Å². The van der Waals surface area contributed by atoms with Crippen LogP contribution < -0.4 is 0 Å². The van der Waals surface area contributed by atoms with Gasteiger partial charge < -0.3 is 14.2 Å². The molecule has 12 heteroatoms. The van der Waals surface area contributed by atoms with E-state index in [0.29, 0.717) is 19.3 Å². The number of carbonyl (C=O) groups is 1. The van der Waals surface area contributed by atoms with Crippen molar-refractivity contribution in [2.24, 2.45) is 0 Å². The van der Waals surface area contributed by atoms with E-state index in [1.807, 2.05) is 0 Å². The molecule has 0 radical (unpaired) electrons. The zero-order chi connectivity index (χ0) is 18.2. The fourth-order valence-electron chi connectivity index (χ4n) is 2.72. The van der Waals surface area contributed by atoms with Gasteiger partial charge in [0, 0.05) is 6.42 Å². The maximum atomic E-state index is 14.0. The van der Waals surface area contributed by atoms with Crippen LogP contribution in [0.15, 0.2) is 0 Å². The van der Waals surface area contributed by atoms with Crippen LogP contribution in [-0.4, -0.2) is 55.2 Å². The summed E-state index contributed by atoms with van der Waals surface area (Å²) in [5.41, 5.74) is 0. The van der Waals surface area contributed by atoms with E-state index in [1.54, 1.807) is 0 Å². The van der Waals surface area contributed by atoms with Crippen molar-refractivity contribution in [3.63, 3.8) is 0 Å². The Hall–Kier alpha value is -0.980. The van der Waals surface area contributed by atoms with Gasteiger partial charge in [0.2, 0.25) is 5.79 Å². The Morgan fingerprint density at radius 2 is 1.71 bits per heavy atom. The zero-order valence-electron chi connectivity index (χ0n) is 12.3. The maximum Gasteiger partial charge on any atom is 0.451 e. The van der Waals surface area contributed by atoms with Crippen molar-refractivity contribution in [1.29, 1.82) is 0 Å². The highest BCUT2D eigenvalue weighted by Crippen LogP contribution is 2.42. The third-order valence-electron chi connectivity index (χ3n) is 3.95. The lowest BCUT2D eigenvalue weighted by atomic mass is 9.90. The summed E-state index contributed by atoms with van der Waals surface area (Å²) in [5.74, 6) is -4.29. The molecular weight excluding hydrogens is 364 g/mol. The summed E-state index contributed by atoms with van der Waals surface area (Å²) >= 11 is 0. The van der Waals surface area contributed by atoms with Crippen LogP contribution in [0.2, 0.25) is 0 Å². The maximum absolute atomic E-state index is 14.0. The predicted octanol–water partition coefficient (Wildman–Crippen LogP) is 1.72. The zero-order valence-corrected chi connectivity index (χ0v) is 13.2. The Morgan fingerprint density at radius 3 is 2.21 bits per heavy atom. The van der Waals surface area contributed by atoms with E-state index in [1.165, 1.54) is 0 Å². The van der Waals surface area contributed by atoms with Gasteiger partial charge in [-0.3, -0.25) is 4.55 Å². The van der Waals surface area contributed by atoms with Crippen LogP contribution in [0.4, 0.5) is 17.6 Å². The van der Waals surface area contributed by atoms with Gasteiger partial charge >= 0.3 is 27.3 Å². The van der Waals surface area contributed by atoms with Crippen molar-refractivity contribution in [2.45, 2.75) is 55.2 Å². The van der Waals surface area contributed by atoms with Crippen molar-refractivity contribution in [1.82, 2.24) is 0 Å². The average molecular weight is 380 g/mol. The summed E-state index contributed by atoms with van der Waals surface area (Å²) in [5, 5.41) is -5.58. The molecule has 1 spiro atoms. The van der Waals surface area contributed by atoms with Gasteiger partial charge in [-0.2, -0.15) is 21.6 Å². The van der Waals surface area contributed by atoms with E-state index in [-0.39, 0.29) is 26.1 Å². The lowest BCUT2D eigenvalue weighted by Crippen LogP contribution is -2.59. The number of ether oxygens (including phenoxy) is 3. The minimum Gasteiger partial charge on any atom is -0.453 e. The Bertz CT molecular complexity index is 576. The fourth-order valence-corrected chi connectivity index (χ4v) is 3.27. The molecule has 2 aliphatic rings. The lowest BCUT2D eigenvalue weighted by Gasteiger charge is -2.45. The third kappa shape index (κ3) is 3.24. The smallest absolute Gasteiger partial charge is 0.451 e. The number of esters is 1. The van der Waals surface area contributed by atoms with Crippen molar-refractivity contribution >= 4 is 16.1 Å². The van der Waals surface area contributed by atoms with Gasteiger partial charge in [0.05, 0.1) is 13.2 Å². The molecule has 0 amide bonds. The molecule has 0 bridgehead atoms. The largest absolute Gasteiger partial charge is 0.453 e. The summed E-state index contributed by atoms with van der Waals surface area (Å²) < 4.78 is 97.8. The molecule has 0 aromatic rings. The van der Waals surface area contributed by atoms with Gasteiger partial charge in [-0.05, 0) is 25.7 Å². The molecule has 0 aromatic heterocycles. The number of hydrogen-bond acceptors (Lipinski definition) is 6. The predicted molar refractivity (Wildman–Crippen MR) is 69.0 cm³/mol. The van der Waals surface area contributed by atoms with Gasteiger partial charge in [0.15, 0.2) is 6.10 Å². The summed E-state index contributed by atoms with van der Waals surface area (Å²) in [6, 6.07) is 0. The highest BCUT2D eigenvalue weighted by Gasteiger charge is 2.73. The van der Waals surface area contributed by atoms with Crippen LogP contribution in [0.25, 0.3) is 0 Å². The summed E-state index contributed by atoms with van der Waals surface area (Å²) in [4.78, 5) is 11.7. The van der Waals surface area contributed by atoms with Crippen molar-refractivity contribution in [3.05, 3.63) is 0 Å². The second-order valence-electron chi connectivity index (χ2n) is 5.57.